The van der Waals surface area contributed by atoms with Crippen LogP contribution < -0.4 is 20.3 Å². The van der Waals surface area contributed by atoms with Gasteiger partial charge in [-0.05, 0) is 46.6 Å². The molecule has 0 fully saturated rings. The van der Waals surface area contributed by atoms with Gasteiger partial charge in [0.2, 0.25) is 0 Å². The summed E-state index contributed by atoms with van der Waals surface area (Å²) in [6.07, 6.45) is 1.56. The minimum absolute atomic E-state index is 0.0121. The lowest BCUT2D eigenvalue weighted by molar-refractivity contribution is 0.102. The van der Waals surface area contributed by atoms with Gasteiger partial charge in [-0.15, -0.1) is 0 Å². The molecule has 32 heavy (non-hydrogen) atoms. The van der Waals surface area contributed by atoms with Gasteiger partial charge in [0.05, 0.1) is 18.3 Å². The van der Waals surface area contributed by atoms with Crippen molar-refractivity contribution >= 4 is 31.9 Å². The fraction of sp³-hybridized carbons (Fsp3) is 0.136. The van der Waals surface area contributed by atoms with E-state index in [9.17, 15) is 14.0 Å². The molecule has 1 atom stereocenters. The van der Waals surface area contributed by atoms with Crippen LogP contribution in [0.5, 0.6) is 17.2 Å². The molecule has 2 heterocycles. The summed E-state index contributed by atoms with van der Waals surface area (Å²) in [5, 5.41) is 3.25. The number of carbonyl (C=O) groups excluding carboxylic acids is 1. The summed E-state index contributed by atoms with van der Waals surface area (Å²) in [4.78, 5) is 29.1. The fourth-order valence-electron chi connectivity index (χ4n) is 3.28. The Morgan fingerprint density at radius 3 is 2.59 bits per heavy atom. The number of nitrogens with zero attached hydrogens (tertiary/aromatic N) is 3. The second-order valence-corrected chi connectivity index (χ2v) is 7.52. The fourth-order valence-corrected chi connectivity index (χ4v) is 3.58. The molecular weight excluding hydrogens is 434 g/mol. The van der Waals surface area contributed by atoms with Gasteiger partial charge in [0.1, 0.15) is 17.1 Å². The average Bonchev–Trinajstić information content (AvgIpc) is 2.97. The number of pyridine rings is 1. The maximum absolute atomic E-state index is 14.7. The predicted molar refractivity (Wildman–Crippen MR) is 122 cm³/mol. The molecule has 4 aromatic rings. The van der Waals surface area contributed by atoms with E-state index in [1.165, 1.54) is 21.3 Å². The monoisotopic (exact) mass is 454 g/mol. The molecule has 2 aromatic carbocycles. The quantitative estimate of drug-likeness (QED) is 0.463. The highest BCUT2D eigenvalue weighted by molar-refractivity contribution is 7.14. The number of fused-ring (bicyclic) bond motifs is 1. The largest absolute Gasteiger partial charge is 0.497 e. The van der Waals surface area contributed by atoms with Crippen LogP contribution in [-0.4, -0.2) is 27.1 Å². The van der Waals surface area contributed by atoms with Gasteiger partial charge in [-0.3, -0.25) is 19.3 Å². The van der Waals surface area contributed by atoms with Gasteiger partial charge in [-0.1, -0.05) is 0 Å². The lowest BCUT2D eigenvalue weighted by Gasteiger charge is -2.11. The van der Waals surface area contributed by atoms with Crippen molar-refractivity contribution < 1.29 is 18.7 Å². The van der Waals surface area contributed by atoms with E-state index in [1.807, 2.05) is 0 Å². The summed E-state index contributed by atoms with van der Waals surface area (Å²) in [7, 11) is 5.46. The van der Waals surface area contributed by atoms with Gasteiger partial charge in [0, 0.05) is 36.5 Å². The molecule has 164 valence electrons. The van der Waals surface area contributed by atoms with Crippen LogP contribution in [-0.2, 0) is 7.05 Å². The molecule has 1 amide bonds. The Bertz CT molecular complexity index is 1410. The van der Waals surface area contributed by atoms with E-state index >= 15 is 0 Å². The van der Waals surface area contributed by atoms with E-state index in [0.29, 0.717) is 28.1 Å². The zero-order valence-electron chi connectivity index (χ0n) is 17.5. The first-order valence-electron chi connectivity index (χ1n) is 9.55. The first-order chi connectivity index (χ1) is 15.3. The molecule has 0 spiro atoms. The number of hydrogen-bond donors (Lipinski definition) is 1. The molecular formula is C22H20FN4O4P. The Labute approximate surface area is 184 Å². The van der Waals surface area contributed by atoms with E-state index in [-0.39, 0.29) is 17.0 Å². The number of ether oxygens (including phenoxy) is 2. The lowest BCUT2D eigenvalue weighted by atomic mass is 10.2. The Morgan fingerprint density at radius 2 is 1.94 bits per heavy atom. The predicted octanol–water partition coefficient (Wildman–Crippen LogP) is 3.87. The molecule has 0 bridgehead atoms. The zero-order chi connectivity index (χ0) is 23.0. The number of anilines is 1. The number of nitrogens with one attached hydrogen (secondary N) is 1. The van der Waals surface area contributed by atoms with E-state index in [4.69, 9.17) is 9.47 Å². The number of amides is 1. The standard InChI is InChI=1S/C22H20FN4O4P/c1-12-20(22(29)27(32)26(12)2)21(28)25-13-4-7-19(16(23)10-13)31-18-8-9-24-17-11-14(30-3)5-6-15(17)18/h4-11H,32H2,1-3H3,(H,25,28). The van der Waals surface area contributed by atoms with Crippen LogP contribution in [0.3, 0.4) is 0 Å². The van der Waals surface area contributed by atoms with Crippen molar-refractivity contribution in [2.75, 3.05) is 12.4 Å². The summed E-state index contributed by atoms with van der Waals surface area (Å²) in [5.41, 5.74) is 0.853. The van der Waals surface area contributed by atoms with E-state index in [0.717, 1.165) is 6.07 Å². The lowest BCUT2D eigenvalue weighted by Crippen LogP contribution is -2.22. The molecule has 0 saturated carbocycles. The van der Waals surface area contributed by atoms with Crippen molar-refractivity contribution in [3.8, 4) is 17.2 Å². The van der Waals surface area contributed by atoms with E-state index in [2.05, 4.69) is 19.7 Å². The molecule has 8 nitrogen and oxygen atoms in total. The van der Waals surface area contributed by atoms with Crippen LogP contribution in [0.2, 0.25) is 0 Å². The van der Waals surface area contributed by atoms with Gasteiger partial charge in [0.25, 0.3) is 11.5 Å². The van der Waals surface area contributed by atoms with Crippen LogP contribution in [0.4, 0.5) is 10.1 Å². The van der Waals surface area contributed by atoms with Crippen LogP contribution in [0.15, 0.2) is 53.5 Å². The van der Waals surface area contributed by atoms with Gasteiger partial charge in [-0.25, -0.2) is 8.84 Å². The first kappa shape index (κ1) is 21.5. The number of aromatic nitrogens is 3. The number of methoxy groups -OCH3 is 1. The minimum Gasteiger partial charge on any atom is -0.497 e. The highest BCUT2D eigenvalue weighted by Gasteiger charge is 2.20. The molecule has 0 aliphatic carbocycles. The third-order valence-corrected chi connectivity index (χ3v) is 5.72. The SMILES string of the molecule is COc1ccc2c(Oc3ccc(NC(=O)c4c(C)n(C)n(P)c4=O)cc3F)ccnc2c1. The number of rotatable bonds is 5. The molecule has 1 unspecified atom stereocenters. The summed E-state index contributed by atoms with van der Waals surface area (Å²) in [6.45, 7) is 1.66. The van der Waals surface area contributed by atoms with Crippen molar-refractivity contribution in [3.63, 3.8) is 0 Å². The van der Waals surface area contributed by atoms with E-state index < -0.39 is 17.3 Å². The maximum Gasteiger partial charge on any atom is 0.282 e. The van der Waals surface area contributed by atoms with Crippen LogP contribution in [0.1, 0.15) is 16.1 Å². The van der Waals surface area contributed by atoms with Crippen molar-refractivity contribution in [2.45, 2.75) is 6.92 Å². The van der Waals surface area contributed by atoms with Crippen molar-refractivity contribution in [2.24, 2.45) is 7.05 Å². The molecule has 0 aliphatic heterocycles. The highest BCUT2D eigenvalue weighted by atomic mass is 31.0. The normalized spacial score (nSPS) is 10.9. The van der Waals surface area contributed by atoms with Gasteiger partial charge >= 0.3 is 0 Å². The third-order valence-electron chi connectivity index (χ3n) is 5.14. The van der Waals surface area contributed by atoms with Crippen molar-refractivity contribution in [1.82, 2.24) is 14.1 Å². The number of halogens is 1. The Morgan fingerprint density at radius 1 is 1.16 bits per heavy atom. The summed E-state index contributed by atoms with van der Waals surface area (Å²) in [5.74, 6) is -0.236. The Kier molecular flexibility index (Phi) is 5.67. The molecule has 0 radical (unpaired) electrons. The Hall–Kier alpha value is -3.71. The molecule has 4 rings (SSSR count). The minimum atomic E-state index is -0.672. The number of hydrogen-bond acceptors (Lipinski definition) is 5. The first-order valence-corrected chi connectivity index (χ1v) is 10.1. The van der Waals surface area contributed by atoms with Crippen LogP contribution in [0.25, 0.3) is 10.9 Å². The maximum atomic E-state index is 14.7. The topological polar surface area (TPSA) is 87.4 Å². The van der Waals surface area contributed by atoms with E-state index in [1.54, 1.807) is 51.5 Å². The Balaban J connectivity index is 1.58. The summed E-state index contributed by atoms with van der Waals surface area (Å²) < 4.78 is 28.5. The average molecular weight is 454 g/mol. The van der Waals surface area contributed by atoms with Gasteiger partial charge < -0.3 is 14.8 Å². The second-order valence-electron chi connectivity index (χ2n) is 7.03. The van der Waals surface area contributed by atoms with Gasteiger partial charge in [-0.2, -0.15) is 0 Å². The van der Waals surface area contributed by atoms with Crippen molar-refractivity contribution in [1.29, 1.82) is 0 Å². The second kappa shape index (κ2) is 8.43. The summed E-state index contributed by atoms with van der Waals surface area (Å²) in [6, 6.07) is 11.0. The smallest absolute Gasteiger partial charge is 0.282 e. The molecule has 0 saturated heterocycles. The molecule has 10 heteroatoms. The molecule has 1 N–H and O–H groups in total. The van der Waals surface area contributed by atoms with Crippen molar-refractivity contribution in [3.05, 3.63) is 76.1 Å². The number of benzene rings is 2. The highest BCUT2D eigenvalue weighted by Crippen LogP contribution is 2.32. The molecule has 2 aromatic heterocycles. The van der Waals surface area contributed by atoms with Crippen LogP contribution >= 0.6 is 9.39 Å². The molecule has 0 aliphatic rings. The summed E-state index contributed by atoms with van der Waals surface area (Å²) >= 11 is 0. The zero-order valence-corrected chi connectivity index (χ0v) is 18.7. The van der Waals surface area contributed by atoms with Gasteiger partial charge in [0.15, 0.2) is 11.6 Å². The third kappa shape index (κ3) is 3.83. The number of carbonyl (C=O) groups is 1. The van der Waals surface area contributed by atoms with Crippen LogP contribution in [0, 0.1) is 12.7 Å².